The summed E-state index contributed by atoms with van der Waals surface area (Å²) in [7, 11) is 0. The zero-order valence-electron chi connectivity index (χ0n) is 28.6. The summed E-state index contributed by atoms with van der Waals surface area (Å²) < 4.78 is 8.92. The van der Waals surface area contributed by atoms with E-state index in [-0.39, 0.29) is 0 Å². The summed E-state index contributed by atoms with van der Waals surface area (Å²) in [4.78, 5) is 7.59. The maximum Gasteiger partial charge on any atom is 0.144 e. The summed E-state index contributed by atoms with van der Waals surface area (Å²) >= 11 is 0. The van der Waals surface area contributed by atoms with Crippen molar-refractivity contribution in [2.24, 2.45) is 0 Å². The number of nitrogens with zero attached hydrogens (tertiary/aromatic N) is 3. The second-order valence-electron chi connectivity index (χ2n) is 13.5. The van der Waals surface area contributed by atoms with Gasteiger partial charge in [0.25, 0.3) is 0 Å². The molecule has 53 heavy (non-hydrogen) atoms. The summed E-state index contributed by atoms with van der Waals surface area (Å²) in [5.41, 5.74) is 11.5. The fourth-order valence-corrected chi connectivity index (χ4v) is 8.18. The fraction of sp³-hybridized carbons (Fsp3) is 0. The minimum Gasteiger partial charge on any atom is -0.455 e. The van der Waals surface area contributed by atoms with Gasteiger partial charge in [-0.05, 0) is 78.9 Å². The van der Waals surface area contributed by atoms with E-state index in [1.54, 1.807) is 0 Å². The standard InChI is InChI=1S/C49H31N3O/c1-3-13-33(14-4-1)51(36-27-30-45-42(31-36)37-17-8-11-21-44(37)52(45)34-15-5-2-6-16-34)35-25-23-32(24-26-35)48-41-29-28-39-38-18-9-12-22-46(38)53-49(39)47(41)40-19-7-10-20-43(40)50-48/h1-31H. The van der Waals surface area contributed by atoms with Crippen LogP contribution in [0.3, 0.4) is 0 Å². The molecule has 0 aliphatic heterocycles. The Kier molecular flexibility index (Phi) is 6.52. The van der Waals surface area contributed by atoms with Gasteiger partial charge in [0.2, 0.25) is 0 Å². The molecule has 0 N–H and O–H groups in total. The summed E-state index contributed by atoms with van der Waals surface area (Å²) in [6.45, 7) is 0. The van der Waals surface area contributed by atoms with E-state index in [0.717, 1.165) is 77.6 Å². The number of hydrogen-bond acceptors (Lipinski definition) is 3. The maximum absolute atomic E-state index is 6.56. The first-order valence-corrected chi connectivity index (χ1v) is 18.0. The maximum atomic E-state index is 6.56. The Bertz CT molecular complexity index is 3160. The van der Waals surface area contributed by atoms with Gasteiger partial charge in [-0.25, -0.2) is 4.98 Å². The lowest BCUT2D eigenvalue weighted by atomic mass is 9.97. The van der Waals surface area contributed by atoms with Gasteiger partial charge in [-0.3, -0.25) is 0 Å². The molecule has 0 unspecified atom stereocenters. The lowest BCUT2D eigenvalue weighted by molar-refractivity contribution is 0.673. The predicted molar refractivity (Wildman–Crippen MR) is 221 cm³/mol. The van der Waals surface area contributed by atoms with Gasteiger partial charge >= 0.3 is 0 Å². The Balaban J connectivity index is 1.08. The van der Waals surface area contributed by atoms with Crippen LogP contribution in [0.1, 0.15) is 0 Å². The molecular formula is C49H31N3O. The van der Waals surface area contributed by atoms with Crippen molar-refractivity contribution in [2.45, 2.75) is 0 Å². The van der Waals surface area contributed by atoms with Gasteiger partial charge in [0.1, 0.15) is 11.2 Å². The van der Waals surface area contributed by atoms with Gasteiger partial charge in [0.15, 0.2) is 0 Å². The van der Waals surface area contributed by atoms with Gasteiger partial charge in [-0.15, -0.1) is 0 Å². The summed E-state index contributed by atoms with van der Waals surface area (Å²) in [6.07, 6.45) is 0. The zero-order chi connectivity index (χ0) is 34.9. The third-order valence-electron chi connectivity index (χ3n) is 10.5. The first-order valence-electron chi connectivity index (χ1n) is 18.0. The number of para-hydroxylation sites is 5. The molecule has 0 saturated heterocycles. The topological polar surface area (TPSA) is 34.2 Å². The summed E-state index contributed by atoms with van der Waals surface area (Å²) in [5.74, 6) is 0. The van der Waals surface area contributed by atoms with E-state index in [1.807, 2.05) is 12.1 Å². The number of fused-ring (bicyclic) bond motifs is 10. The van der Waals surface area contributed by atoms with Gasteiger partial charge in [0.05, 0.1) is 22.2 Å². The van der Waals surface area contributed by atoms with E-state index >= 15 is 0 Å². The Morgan fingerprint density at radius 1 is 0.434 bits per heavy atom. The predicted octanol–water partition coefficient (Wildman–Crippen LogP) is 13.5. The van der Waals surface area contributed by atoms with Crippen molar-refractivity contribution < 1.29 is 4.42 Å². The third kappa shape index (κ3) is 4.59. The molecule has 3 heterocycles. The highest BCUT2D eigenvalue weighted by molar-refractivity contribution is 6.24. The number of benzene rings is 8. The van der Waals surface area contributed by atoms with Gasteiger partial charge in [-0.2, -0.15) is 0 Å². The van der Waals surface area contributed by atoms with Gasteiger partial charge in [-0.1, -0.05) is 109 Å². The van der Waals surface area contributed by atoms with Crippen molar-refractivity contribution in [1.82, 2.24) is 9.55 Å². The van der Waals surface area contributed by atoms with Crippen LogP contribution in [0.25, 0.3) is 82.4 Å². The largest absolute Gasteiger partial charge is 0.455 e. The van der Waals surface area contributed by atoms with Crippen LogP contribution in [0.5, 0.6) is 0 Å². The number of anilines is 3. The number of rotatable bonds is 5. The Labute approximate surface area is 305 Å². The highest BCUT2D eigenvalue weighted by Crippen LogP contribution is 2.43. The van der Waals surface area contributed by atoms with Crippen LogP contribution in [-0.4, -0.2) is 9.55 Å². The third-order valence-corrected chi connectivity index (χ3v) is 10.5. The van der Waals surface area contributed by atoms with Crippen LogP contribution in [0.4, 0.5) is 17.1 Å². The van der Waals surface area contributed by atoms with E-state index in [2.05, 4.69) is 185 Å². The van der Waals surface area contributed by atoms with Crippen molar-refractivity contribution in [3.05, 3.63) is 188 Å². The van der Waals surface area contributed by atoms with E-state index in [1.165, 1.54) is 21.8 Å². The van der Waals surface area contributed by atoms with Crippen molar-refractivity contribution in [1.29, 1.82) is 0 Å². The summed E-state index contributed by atoms with van der Waals surface area (Å²) in [5, 5.41) is 7.94. The minimum absolute atomic E-state index is 0.894. The molecule has 0 amide bonds. The molecular weight excluding hydrogens is 647 g/mol. The van der Waals surface area contributed by atoms with Crippen LogP contribution >= 0.6 is 0 Å². The quantitative estimate of drug-likeness (QED) is 0.170. The molecule has 0 aliphatic carbocycles. The Morgan fingerprint density at radius 3 is 1.89 bits per heavy atom. The van der Waals surface area contributed by atoms with Crippen LogP contribution in [0, 0.1) is 0 Å². The Hall–Kier alpha value is -7.17. The number of pyridine rings is 1. The smallest absolute Gasteiger partial charge is 0.144 e. The lowest BCUT2D eigenvalue weighted by Crippen LogP contribution is -2.09. The normalized spacial score (nSPS) is 11.8. The van der Waals surface area contributed by atoms with E-state index in [0.29, 0.717) is 0 Å². The van der Waals surface area contributed by atoms with E-state index in [9.17, 15) is 0 Å². The molecule has 8 aromatic carbocycles. The van der Waals surface area contributed by atoms with Crippen molar-refractivity contribution >= 4 is 82.5 Å². The summed E-state index contributed by atoms with van der Waals surface area (Å²) in [6, 6.07) is 66.6. The molecule has 4 heteroatoms. The highest BCUT2D eigenvalue weighted by atomic mass is 16.3. The lowest BCUT2D eigenvalue weighted by Gasteiger charge is -2.26. The van der Waals surface area contributed by atoms with Gasteiger partial charge < -0.3 is 13.9 Å². The molecule has 0 saturated carbocycles. The van der Waals surface area contributed by atoms with Crippen LogP contribution in [0.2, 0.25) is 0 Å². The SMILES string of the molecule is c1ccc(N(c2ccc(-c3nc4ccccc4c4c3ccc3c5ccccc5oc34)cc2)c2ccc3c(c2)c2ccccc2n3-c2ccccc2)cc1. The molecule has 0 spiro atoms. The van der Waals surface area contributed by atoms with E-state index < -0.39 is 0 Å². The fourth-order valence-electron chi connectivity index (χ4n) is 8.18. The molecule has 4 nitrogen and oxygen atoms in total. The van der Waals surface area contributed by atoms with Crippen molar-refractivity contribution in [3.63, 3.8) is 0 Å². The van der Waals surface area contributed by atoms with Gasteiger partial charge in [0, 0.05) is 66.0 Å². The molecule has 0 atom stereocenters. The highest BCUT2D eigenvalue weighted by Gasteiger charge is 2.20. The molecule has 248 valence electrons. The zero-order valence-corrected chi connectivity index (χ0v) is 28.6. The van der Waals surface area contributed by atoms with E-state index in [4.69, 9.17) is 9.40 Å². The average Bonchev–Trinajstić information content (AvgIpc) is 3.77. The Morgan fingerprint density at radius 2 is 1.06 bits per heavy atom. The molecule has 0 bridgehead atoms. The molecule has 3 aromatic heterocycles. The monoisotopic (exact) mass is 677 g/mol. The molecule has 0 radical (unpaired) electrons. The second kappa shape index (κ2) is 11.7. The molecule has 0 fully saturated rings. The van der Waals surface area contributed by atoms with Crippen molar-refractivity contribution in [3.8, 4) is 16.9 Å². The first kappa shape index (κ1) is 29.5. The van der Waals surface area contributed by atoms with Crippen LogP contribution in [-0.2, 0) is 0 Å². The number of hydrogen-bond donors (Lipinski definition) is 0. The molecule has 0 aliphatic rings. The number of furan rings is 1. The molecule has 11 aromatic rings. The second-order valence-corrected chi connectivity index (χ2v) is 13.5. The molecule has 11 rings (SSSR count). The van der Waals surface area contributed by atoms with Crippen molar-refractivity contribution in [2.75, 3.05) is 4.90 Å². The van der Waals surface area contributed by atoms with Crippen LogP contribution in [0.15, 0.2) is 192 Å². The van der Waals surface area contributed by atoms with Crippen LogP contribution < -0.4 is 4.90 Å². The number of aromatic nitrogens is 2. The average molecular weight is 678 g/mol. The minimum atomic E-state index is 0.894. The first-order chi connectivity index (χ1) is 26.3.